The number of rotatable bonds is 2. The highest BCUT2D eigenvalue weighted by molar-refractivity contribution is 7.05. The van der Waals surface area contributed by atoms with E-state index in [0.717, 1.165) is 21.4 Å². The fraction of sp³-hybridized carbons (Fsp3) is 0.200. The average Bonchev–Trinajstić information content (AvgIpc) is 2.68. The van der Waals surface area contributed by atoms with Crippen LogP contribution in [-0.4, -0.2) is 17.2 Å². The van der Waals surface area contributed by atoms with Crippen LogP contribution < -0.4 is 0 Å². The molecule has 0 saturated carbocycles. The SMILES string of the molecule is BC(C)c1nc(-c2ccc(Cl)cc2)ns1. The first-order chi connectivity index (χ1) is 7.16. The molecule has 0 aliphatic carbocycles. The van der Waals surface area contributed by atoms with E-state index in [1.807, 2.05) is 24.3 Å². The smallest absolute Gasteiger partial charge is 0.173 e. The molecule has 0 amide bonds. The molecule has 1 heterocycles. The number of hydrogen-bond donors (Lipinski definition) is 0. The minimum Gasteiger partial charge on any atom is -0.220 e. The topological polar surface area (TPSA) is 25.8 Å². The van der Waals surface area contributed by atoms with Gasteiger partial charge in [-0.3, -0.25) is 0 Å². The van der Waals surface area contributed by atoms with Crippen molar-refractivity contribution in [2.45, 2.75) is 12.7 Å². The summed E-state index contributed by atoms with van der Waals surface area (Å²) in [6, 6.07) is 7.59. The first kappa shape index (κ1) is 10.6. The zero-order valence-corrected chi connectivity index (χ0v) is 10.1. The Morgan fingerprint density at radius 3 is 2.53 bits per heavy atom. The molecule has 1 aromatic heterocycles. The Morgan fingerprint density at radius 1 is 1.33 bits per heavy atom. The van der Waals surface area contributed by atoms with Gasteiger partial charge in [-0.2, -0.15) is 4.37 Å². The molecule has 1 aromatic carbocycles. The second-order valence-corrected chi connectivity index (χ2v) is 4.84. The van der Waals surface area contributed by atoms with Gasteiger partial charge in [-0.25, -0.2) is 4.98 Å². The summed E-state index contributed by atoms with van der Waals surface area (Å²) in [5.74, 6) is 1.23. The quantitative estimate of drug-likeness (QED) is 0.749. The number of aromatic nitrogens is 2. The lowest BCUT2D eigenvalue weighted by molar-refractivity contribution is 1.04. The van der Waals surface area contributed by atoms with E-state index in [4.69, 9.17) is 11.6 Å². The predicted octanol–water partition coefficient (Wildman–Crippen LogP) is 2.55. The van der Waals surface area contributed by atoms with Crippen molar-refractivity contribution in [2.75, 3.05) is 0 Å². The monoisotopic (exact) mass is 236 g/mol. The molecule has 15 heavy (non-hydrogen) atoms. The van der Waals surface area contributed by atoms with Crippen LogP contribution in [0.25, 0.3) is 11.4 Å². The Bertz CT molecular complexity index is 453. The van der Waals surface area contributed by atoms with Gasteiger partial charge in [0.1, 0.15) is 12.9 Å². The summed E-state index contributed by atoms with van der Waals surface area (Å²) >= 11 is 7.28. The number of halogens is 1. The van der Waals surface area contributed by atoms with Crippen LogP contribution >= 0.6 is 23.1 Å². The van der Waals surface area contributed by atoms with Gasteiger partial charge in [-0.05, 0) is 41.6 Å². The van der Waals surface area contributed by atoms with Crippen molar-refractivity contribution in [3.8, 4) is 11.4 Å². The lowest BCUT2D eigenvalue weighted by atomic mass is 9.91. The third kappa shape index (κ3) is 2.38. The Labute approximate surface area is 98.9 Å². The van der Waals surface area contributed by atoms with Crippen LogP contribution in [0.3, 0.4) is 0 Å². The van der Waals surface area contributed by atoms with E-state index in [1.54, 1.807) is 0 Å². The van der Waals surface area contributed by atoms with Gasteiger partial charge in [-0.15, -0.1) is 0 Å². The van der Waals surface area contributed by atoms with Crippen molar-refractivity contribution >= 4 is 31.0 Å². The molecule has 0 saturated heterocycles. The summed E-state index contributed by atoms with van der Waals surface area (Å²) in [6.07, 6.45) is 0. The molecule has 2 aromatic rings. The molecule has 1 unspecified atom stereocenters. The van der Waals surface area contributed by atoms with Crippen molar-refractivity contribution in [1.29, 1.82) is 0 Å². The largest absolute Gasteiger partial charge is 0.220 e. The Kier molecular flexibility index (Phi) is 3.07. The lowest BCUT2D eigenvalue weighted by Crippen LogP contribution is -1.90. The van der Waals surface area contributed by atoms with Crippen molar-refractivity contribution in [2.24, 2.45) is 0 Å². The molecule has 0 spiro atoms. The summed E-state index contributed by atoms with van der Waals surface area (Å²) in [5.41, 5.74) is 1.02. The van der Waals surface area contributed by atoms with Crippen LogP contribution in [0.1, 0.15) is 17.7 Å². The average molecular weight is 237 g/mol. The van der Waals surface area contributed by atoms with Crippen molar-refractivity contribution < 1.29 is 0 Å². The van der Waals surface area contributed by atoms with Crippen LogP contribution in [0.2, 0.25) is 5.02 Å². The minimum absolute atomic E-state index is 0.434. The van der Waals surface area contributed by atoms with Gasteiger partial charge in [0, 0.05) is 10.6 Å². The molecule has 5 heteroatoms. The van der Waals surface area contributed by atoms with E-state index in [-0.39, 0.29) is 0 Å². The van der Waals surface area contributed by atoms with E-state index in [2.05, 4.69) is 24.1 Å². The maximum absolute atomic E-state index is 5.82. The van der Waals surface area contributed by atoms with Gasteiger partial charge >= 0.3 is 0 Å². The minimum atomic E-state index is 0.434. The third-order valence-electron chi connectivity index (χ3n) is 2.04. The number of benzene rings is 1. The van der Waals surface area contributed by atoms with Crippen LogP contribution in [0.15, 0.2) is 24.3 Å². The zero-order chi connectivity index (χ0) is 10.8. The first-order valence-corrected chi connectivity index (χ1v) is 5.91. The molecule has 0 bridgehead atoms. The molecule has 1 atom stereocenters. The van der Waals surface area contributed by atoms with Crippen molar-refractivity contribution in [3.63, 3.8) is 0 Å². The number of nitrogens with zero attached hydrogens (tertiary/aromatic N) is 2. The molecule has 0 aliphatic rings. The first-order valence-electron chi connectivity index (χ1n) is 4.76. The molecule has 2 nitrogen and oxygen atoms in total. The summed E-state index contributed by atoms with van der Waals surface area (Å²) in [5, 5.41) is 1.80. The molecular weight excluding hydrogens is 226 g/mol. The highest BCUT2D eigenvalue weighted by atomic mass is 35.5. The highest BCUT2D eigenvalue weighted by Gasteiger charge is 2.08. The summed E-state index contributed by atoms with van der Waals surface area (Å²) in [4.78, 5) is 4.47. The van der Waals surface area contributed by atoms with Crippen molar-refractivity contribution in [1.82, 2.24) is 9.36 Å². The molecule has 0 N–H and O–H groups in total. The van der Waals surface area contributed by atoms with Gasteiger partial charge in [0.15, 0.2) is 5.82 Å². The molecule has 0 aliphatic heterocycles. The molecule has 76 valence electrons. The van der Waals surface area contributed by atoms with E-state index >= 15 is 0 Å². The second-order valence-electron chi connectivity index (χ2n) is 3.62. The predicted molar refractivity (Wildman–Crippen MR) is 67.3 cm³/mol. The Hall–Kier alpha value is -0.865. The summed E-state index contributed by atoms with van der Waals surface area (Å²) in [6.45, 7) is 2.12. The van der Waals surface area contributed by atoms with Crippen molar-refractivity contribution in [3.05, 3.63) is 34.3 Å². The van der Waals surface area contributed by atoms with Gasteiger partial charge in [-0.1, -0.05) is 18.5 Å². The standard InChI is InChI=1S/C10H10BClN2S/c1-6(11)10-13-9(14-15-10)7-2-4-8(12)5-3-7/h2-6H,11H2,1H3. The summed E-state index contributed by atoms with van der Waals surface area (Å²) in [7, 11) is 2.12. The van der Waals surface area contributed by atoms with Gasteiger partial charge < -0.3 is 0 Å². The van der Waals surface area contributed by atoms with Crippen LogP contribution in [0.4, 0.5) is 0 Å². The normalized spacial score (nSPS) is 12.7. The van der Waals surface area contributed by atoms with Gasteiger partial charge in [0.2, 0.25) is 0 Å². The van der Waals surface area contributed by atoms with Crippen LogP contribution in [-0.2, 0) is 0 Å². The molecule has 2 rings (SSSR count). The maximum atomic E-state index is 5.82. The van der Waals surface area contributed by atoms with Crippen LogP contribution in [0, 0.1) is 0 Å². The molecule has 0 radical (unpaired) electrons. The zero-order valence-electron chi connectivity index (χ0n) is 8.57. The Balaban J connectivity index is 2.33. The van der Waals surface area contributed by atoms with E-state index < -0.39 is 0 Å². The number of hydrogen-bond acceptors (Lipinski definition) is 3. The van der Waals surface area contributed by atoms with Gasteiger partial charge in [0.05, 0.1) is 0 Å². The molecule has 0 fully saturated rings. The summed E-state index contributed by atoms with van der Waals surface area (Å²) < 4.78 is 4.32. The Morgan fingerprint density at radius 2 is 2.00 bits per heavy atom. The van der Waals surface area contributed by atoms with Gasteiger partial charge in [0.25, 0.3) is 0 Å². The fourth-order valence-corrected chi connectivity index (χ4v) is 1.98. The molecular formula is C10H10BClN2S. The van der Waals surface area contributed by atoms with Crippen LogP contribution in [0.5, 0.6) is 0 Å². The van der Waals surface area contributed by atoms with E-state index in [0.29, 0.717) is 5.82 Å². The maximum Gasteiger partial charge on any atom is 0.173 e. The third-order valence-corrected chi connectivity index (χ3v) is 3.30. The highest BCUT2D eigenvalue weighted by Crippen LogP contribution is 2.22. The second kappa shape index (κ2) is 4.33. The van der Waals surface area contributed by atoms with E-state index in [9.17, 15) is 0 Å². The lowest BCUT2D eigenvalue weighted by Gasteiger charge is -1.96. The van der Waals surface area contributed by atoms with E-state index in [1.165, 1.54) is 11.5 Å². The fourth-order valence-electron chi connectivity index (χ4n) is 1.19.